The molecule has 35 heavy (non-hydrogen) atoms. The lowest BCUT2D eigenvalue weighted by molar-refractivity contribution is -0.302. The van der Waals surface area contributed by atoms with Gasteiger partial charge in [0, 0.05) is 11.3 Å². The Hall–Kier alpha value is -1.07. The molecular formula is C26H40O9. The third-order valence-electron chi connectivity index (χ3n) is 10.7. The summed E-state index contributed by atoms with van der Waals surface area (Å²) in [6, 6.07) is 0. The van der Waals surface area contributed by atoms with Crippen LogP contribution in [-0.2, 0) is 14.3 Å². The average Bonchev–Trinajstić information content (AvgIpc) is 3.07. The Morgan fingerprint density at radius 3 is 2.46 bits per heavy atom. The molecule has 4 saturated carbocycles. The van der Waals surface area contributed by atoms with E-state index in [0.29, 0.717) is 18.8 Å². The van der Waals surface area contributed by atoms with Crippen LogP contribution in [0.25, 0.3) is 0 Å². The number of carbonyl (C=O) groups is 1. The molecule has 0 aromatic rings. The van der Waals surface area contributed by atoms with E-state index in [2.05, 4.69) is 13.5 Å². The molecule has 0 amide bonds. The Morgan fingerprint density at radius 1 is 1.06 bits per heavy atom. The van der Waals surface area contributed by atoms with Crippen LogP contribution in [-0.4, -0.2) is 86.1 Å². The molecule has 5 fully saturated rings. The molecule has 5 aliphatic rings. The minimum atomic E-state index is -1.69. The quantitative estimate of drug-likeness (QED) is 0.238. The maximum absolute atomic E-state index is 13.7. The Bertz CT molecular complexity index is 877. The standard InChI is InChI=1S/C26H40O9/c1-12-9-26-10-13(12)5-6-15(26)24(2)7-4-8-25(3,20(24)19(31)21(26)32)23(33)35-22-18(30)17(29)16(28)14(11-27)34-22/h13-22,27-32H,1,4-11H2,2-3H3/t13-,14-,15-,16-,17+,18-,19-,20-,21+,22-,24+,25-,26+/m0/s1. The highest BCUT2D eigenvalue weighted by Crippen LogP contribution is 2.72. The lowest BCUT2D eigenvalue weighted by Crippen LogP contribution is -2.69. The minimum Gasteiger partial charge on any atom is -0.432 e. The van der Waals surface area contributed by atoms with Crippen LogP contribution in [0.4, 0.5) is 0 Å². The number of esters is 1. The summed E-state index contributed by atoms with van der Waals surface area (Å²) >= 11 is 0. The van der Waals surface area contributed by atoms with E-state index in [4.69, 9.17) is 9.47 Å². The normalized spacial score (nSPS) is 55.7. The molecule has 2 bridgehead atoms. The summed E-state index contributed by atoms with van der Waals surface area (Å²) in [6.07, 6.45) is -4.34. The first-order valence-electron chi connectivity index (χ1n) is 13.0. The fraction of sp³-hybridized carbons (Fsp3) is 0.885. The molecule has 1 aliphatic heterocycles. The van der Waals surface area contributed by atoms with Crippen molar-refractivity contribution in [2.75, 3.05) is 6.61 Å². The van der Waals surface area contributed by atoms with Crippen molar-refractivity contribution >= 4 is 5.97 Å². The average molecular weight is 497 g/mol. The van der Waals surface area contributed by atoms with Gasteiger partial charge in [0.05, 0.1) is 24.2 Å². The van der Waals surface area contributed by atoms with Crippen LogP contribution in [0.3, 0.4) is 0 Å². The number of aliphatic hydroxyl groups is 6. The number of hydrogen-bond acceptors (Lipinski definition) is 9. The fourth-order valence-corrected chi connectivity index (χ4v) is 9.08. The van der Waals surface area contributed by atoms with Crippen LogP contribution in [0.1, 0.15) is 58.8 Å². The topological polar surface area (TPSA) is 157 Å². The number of hydrogen-bond donors (Lipinski definition) is 6. The zero-order chi connectivity index (χ0) is 25.5. The Balaban J connectivity index is 1.45. The second-order valence-corrected chi connectivity index (χ2v) is 12.4. The van der Waals surface area contributed by atoms with Gasteiger partial charge in [-0.15, -0.1) is 0 Å². The maximum Gasteiger partial charge on any atom is 0.314 e. The van der Waals surface area contributed by atoms with Crippen molar-refractivity contribution in [3.05, 3.63) is 12.2 Å². The van der Waals surface area contributed by atoms with Gasteiger partial charge in [-0.3, -0.25) is 4.79 Å². The van der Waals surface area contributed by atoms with Crippen LogP contribution < -0.4 is 0 Å². The number of allylic oxidation sites excluding steroid dienone is 1. The predicted octanol–water partition coefficient (Wildman–Crippen LogP) is 0.240. The van der Waals surface area contributed by atoms with Gasteiger partial charge in [0.25, 0.3) is 0 Å². The highest BCUT2D eigenvalue weighted by Gasteiger charge is 2.71. The van der Waals surface area contributed by atoms with Crippen molar-refractivity contribution in [1.29, 1.82) is 0 Å². The third-order valence-corrected chi connectivity index (χ3v) is 10.7. The molecule has 1 heterocycles. The van der Waals surface area contributed by atoms with Crippen LogP contribution >= 0.6 is 0 Å². The molecule has 0 radical (unpaired) electrons. The molecule has 5 rings (SSSR count). The van der Waals surface area contributed by atoms with Gasteiger partial charge in [0.15, 0.2) is 0 Å². The van der Waals surface area contributed by atoms with Crippen molar-refractivity contribution in [3.63, 3.8) is 0 Å². The molecule has 9 nitrogen and oxygen atoms in total. The largest absolute Gasteiger partial charge is 0.432 e. The molecule has 0 unspecified atom stereocenters. The summed E-state index contributed by atoms with van der Waals surface area (Å²) in [5.41, 5.74) is -0.846. The monoisotopic (exact) mass is 496 g/mol. The van der Waals surface area contributed by atoms with Crippen molar-refractivity contribution in [1.82, 2.24) is 0 Å². The van der Waals surface area contributed by atoms with E-state index in [9.17, 15) is 35.4 Å². The first-order valence-corrected chi connectivity index (χ1v) is 13.0. The molecule has 198 valence electrons. The highest BCUT2D eigenvalue weighted by atomic mass is 16.7. The Labute approximate surface area is 205 Å². The van der Waals surface area contributed by atoms with Gasteiger partial charge in [-0.1, -0.05) is 25.5 Å². The van der Waals surface area contributed by atoms with E-state index in [-0.39, 0.29) is 5.92 Å². The van der Waals surface area contributed by atoms with Crippen LogP contribution in [0.2, 0.25) is 0 Å². The lowest BCUT2D eigenvalue weighted by atomic mass is 9.39. The van der Waals surface area contributed by atoms with Gasteiger partial charge >= 0.3 is 5.97 Å². The van der Waals surface area contributed by atoms with Gasteiger partial charge in [0.2, 0.25) is 6.29 Å². The van der Waals surface area contributed by atoms with E-state index in [0.717, 1.165) is 37.7 Å². The molecule has 13 atom stereocenters. The van der Waals surface area contributed by atoms with E-state index in [1.54, 1.807) is 6.92 Å². The first kappa shape index (κ1) is 25.6. The molecule has 9 heteroatoms. The third kappa shape index (κ3) is 3.42. The summed E-state index contributed by atoms with van der Waals surface area (Å²) in [4.78, 5) is 13.7. The van der Waals surface area contributed by atoms with Crippen molar-refractivity contribution in [3.8, 4) is 0 Å². The fourth-order valence-electron chi connectivity index (χ4n) is 9.08. The molecule has 0 aromatic carbocycles. The SMILES string of the molecule is C=C1C[C@@]23C[C@@H]1CC[C@H]2[C@@]1(C)CCC[C@](C)(C(=O)O[C@@H]2O[C@@H](CO)[C@H](O)[C@@H](O)[C@@H]2O)[C@H]1[C@H](O)[C@H]3O. The molecule has 1 spiro atoms. The Morgan fingerprint density at radius 2 is 1.77 bits per heavy atom. The maximum atomic E-state index is 13.7. The molecular weight excluding hydrogens is 456 g/mol. The van der Waals surface area contributed by atoms with Crippen molar-refractivity contribution in [2.45, 2.75) is 102 Å². The number of fused-ring (bicyclic) bond motifs is 3. The molecule has 4 aliphatic carbocycles. The summed E-state index contributed by atoms with van der Waals surface area (Å²) in [7, 11) is 0. The van der Waals surface area contributed by atoms with E-state index < -0.39 is 77.7 Å². The van der Waals surface area contributed by atoms with Gasteiger partial charge in [-0.2, -0.15) is 0 Å². The number of aliphatic hydroxyl groups excluding tert-OH is 6. The molecule has 1 saturated heterocycles. The smallest absolute Gasteiger partial charge is 0.314 e. The predicted molar refractivity (Wildman–Crippen MR) is 122 cm³/mol. The number of ether oxygens (including phenoxy) is 2. The second-order valence-electron chi connectivity index (χ2n) is 12.4. The van der Waals surface area contributed by atoms with Crippen LogP contribution in [0.5, 0.6) is 0 Å². The van der Waals surface area contributed by atoms with Crippen molar-refractivity contribution < 1.29 is 44.9 Å². The molecule has 0 aromatic heterocycles. The number of rotatable bonds is 3. The summed E-state index contributed by atoms with van der Waals surface area (Å²) in [5, 5.41) is 63.1. The lowest BCUT2D eigenvalue weighted by Gasteiger charge is -2.66. The van der Waals surface area contributed by atoms with Gasteiger partial charge in [0.1, 0.15) is 24.4 Å². The van der Waals surface area contributed by atoms with E-state index in [1.807, 2.05) is 0 Å². The van der Waals surface area contributed by atoms with E-state index >= 15 is 0 Å². The Kier molecular flexibility index (Phi) is 6.19. The van der Waals surface area contributed by atoms with Gasteiger partial charge < -0.3 is 40.1 Å². The summed E-state index contributed by atoms with van der Waals surface area (Å²) < 4.78 is 11.0. The molecule has 6 N–H and O–H groups in total. The zero-order valence-electron chi connectivity index (χ0n) is 20.5. The first-order chi connectivity index (χ1) is 16.4. The van der Waals surface area contributed by atoms with Crippen molar-refractivity contribution in [2.24, 2.45) is 34.0 Å². The minimum absolute atomic E-state index is 0.133. The summed E-state index contributed by atoms with van der Waals surface area (Å²) in [6.45, 7) is 7.52. The number of carbonyl (C=O) groups excluding carboxylic acids is 1. The van der Waals surface area contributed by atoms with Crippen LogP contribution in [0, 0.1) is 34.0 Å². The van der Waals surface area contributed by atoms with Crippen LogP contribution in [0.15, 0.2) is 12.2 Å². The highest BCUT2D eigenvalue weighted by molar-refractivity contribution is 5.77. The second kappa shape index (κ2) is 8.48. The summed E-state index contributed by atoms with van der Waals surface area (Å²) in [5.74, 6) is -0.755. The zero-order valence-corrected chi connectivity index (χ0v) is 20.5. The van der Waals surface area contributed by atoms with E-state index in [1.165, 1.54) is 0 Å². The van der Waals surface area contributed by atoms with Gasteiger partial charge in [-0.25, -0.2) is 0 Å². The van der Waals surface area contributed by atoms with Gasteiger partial charge in [-0.05, 0) is 62.7 Å².